The summed E-state index contributed by atoms with van der Waals surface area (Å²) >= 11 is 0. The molecule has 2 heterocycles. The SMILES string of the molecule is CCOC(=O)c1ccc(-n2nc3c(c2-c2ccccn2)CCCC3)cc1. The molecule has 0 fully saturated rings. The van der Waals surface area contributed by atoms with Gasteiger partial charge < -0.3 is 4.74 Å². The molecule has 0 unspecified atom stereocenters. The van der Waals surface area contributed by atoms with Gasteiger partial charge in [0.05, 0.1) is 34.9 Å². The molecule has 26 heavy (non-hydrogen) atoms. The van der Waals surface area contributed by atoms with Crippen LogP contribution in [0, 0.1) is 0 Å². The number of fused-ring (bicyclic) bond motifs is 1. The van der Waals surface area contributed by atoms with Crippen LogP contribution in [0.3, 0.4) is 0 Å². The number of carbonyl (C=O) groups is 1. The lowest BCUT2D eigenvalue weighted by Crippen LogP contribution is -2.06. The quantitative estimate of drug-likeness (QED) is 0.670. The van der Waals surface area contributed by atoms with E-state index in [2.05, 4.69) is 4.98 Å². The third-order valence-electron chi connectivity index (χ3n) is 4.69. The summed E-state index contributed by atoms with van der Waals surface area (Å²) in [6.07, 6.45) is 6.20. The van der Waals surface area contributed by atoms with Gasteiger partial charge in [-0.1, -0.05) is 6.07 Å². The monoisotopic (exact) mass is 347 g/mol. The van der Waals surface area contributed by atoms with Crippen LogP contribution >= 0.6 is 0 Å². The second kappa shape index (κ2) is 7.12. The van der Waals surface area contributed by atoms with Crippen molar-refractivity contribution in [3.63, 3.8) is 0 Å². The zero-order valence-electron chi connectivity index (χ0n) is 14.8. The summed E-state index contributed by atoms with van der Waals surface area (Å²) in [6, 6.07) is 13.3. The van der Waals surface area contributed by atoms with Crippen LogP contribution in [0.4, 0.5) is 0 Å². The van der Waals surface area contributed by atoms with Crippen LogP contribution in [-0.4, -0.2) is 27.3 Å². The number of hydrogen-bond donors (Lipinski definition) is 0. The largest absolute Gasteiger partial charge is 0.462 e. The Morgan fingerprint density at radius 3 is 2.65 bits per heavy atom. The van der Waals surface area contributed by atoms with Crippen LogP contribution in [0.1, 0.15) is 41.4 Å². The predicted molar refractivity (Wildman–Crippen MR) is 99.4 cm³/mol. The fraction of sp³-hybridized carbons (Fsp3) is 0.286. The van der Waals surface area contributed by atoms with E-state index in [9.17, 15) is 4.79 Å². The molecule has 4 rings (SSSR count). The molecular weight excluding hydrogens is 326 g/mol. The topological polar surface area (TPSA) is 57.0 Å². The van der Waals surface area contributed by atoms with Gasteiger partial charge in [0.2, 0.25) is 0 Å². The molecule has 3 aromatic rings. The Balaban J connectivity index is 1.79. The molecule has 0 bridgehead atoms. The maximum atomic E-state index is 11.9. The van der Waals surface area contributed by atoms with E-state index in [0.717, 1.165) is 35.6 Å². The van der Waals surface area contributed by atoms with Gasteiger partial charge in [0.1, 0.15) is 0 Å². The minimum Gasteiger partial charge on any atom is -0.462 e. The normalized spacial score (nSPS) is 13.3. The summed E-state index contributed by atoms with van der Waals surface area (Å²) in [5, 5.41) is 4.87. The standard InChI is InChI=1S/C21H21N3O2/c1-2-26-21(25)15-10-12-16(13-11-15)24-20(19-9-5-6-14-22-19)17-7-3-4-8-18(17)23-24/h5-6,9-14H,2-4,7-8H2,1H3. The highest BCUT2D eigenvalue weighted by atomic mass is 16.5. The molecule has 0 saturated carbocycles. The number of pyridine rings is 1. The molecule has 0 aliphatic heterocycles. The average molecular weight is 347 g/mol. The Morgan fingerprint density at radius 2 is 1.92 bits per heavy atom. The number of rotatable bonds is 4. The van der Waals surface area contributed by atoms with Crippen molar-refractivity contribution in [1.82, 2.24) is 14.8 Å². The van der Waals surface area contributed by atoms with Crippen molar-refractivity contribution in [1.29, 1.82) is 0 Å². The molecule has 132 valence electrons. The Bertz CT molecular complexity index is 914. The second-order valence-electron chi connectivity index (χ2n) is 6.38. The first-order chi connectivity index (χ1) is 12.8. The number of aryl methyl sites for hydroxylation is 1. The zero-order valence-corrected chi connectivity index (χ0v) is 14.8. The van der Waals surface area contributed by atoms with Gasteiger partial charge in [0.15, 0.2) is 0 Å². The fourth-order valence-corrected chi connectivity index (χ4v) is 3.46. The van der Waals surface area contributed by atoms with Crippen molar-refractivity contribution in [2.24, 2.45) is 0 Å². The lowest BCUT2D eigenvalue weighted by molar-refractivity contribution is 0.0526. The summed E-state index contributed by atoms with van der Waals surface area (Å²) < 4.78 is 7.03. The molecule has 1 aromatic carbocycles. The van der Waals surface area contributed by atoms with E-state index in [-0.39, 0.29) is 5.97 Å². The number of esters is 1. The van der Waals surface area contributed by atoms with Crippen LogP contribution in [-0.2, 0) is 17.6 Å². The second-order valence-corrected chi connectivity index (χ2v) is 6.38. The van der Waals surface area contributed by atoms with Crippen molar-refractivity contribution in [3.8, 4) is 17.1 Å². The van der Waals surface area contributed by atoms with Gasteiger partial charge in [-0.05, 0) is 69.0 Å². The zero-order chi connectivity index (χ0) is 17.9. The van der Waals surface area contributed by atoms with E-state index < -0.39 is 0 Å². The van der Waals surface area contributed by atoms with Gasteiger partial charge in [0.25, 0.3) is 0 Å². The minimum atomic E-state index is -0.302. The lowest BCUT2D eigenvalue weighted by atomic mass is 9.95. The van der Waals surface area contributed by atoms with Gasteiger partial charge in [-0.3, -0.25) is 4.98 Å². The van der Waals surface area contributed by atoms with Crippen LogP contribution < -0.4 is 0 Å². The van der Waals surface area contributed by atoms with Gasteiger partial charge in [-0.2, -0.15) is 5.10 Å². The van der Waals surface area contributed by atoms with E-state index in [1.165, 1.54) is 18.4 Å². The average Bonchev–Trinajstić information content (AvgIpc) is 3.08. The summed E-state index contributed by atoms with van der Waals surface area (Å²) in [6.45, 7) is 2.18. The fourth-order valence-electron chi connectivity index (χ4n) is 3.46. The Morgan fingerprint density at radius 1 is 1.12 bits per heavy atom. The first-order valence-corrected chi connectivity index (χ1v) is 9.07. The van der Waals surface area contributed by atoms with Gasteiger partial charge in [-0.15, -0.1) is 0 Å². The van der Waals surface area contributed by atoms with Gasteiger partial charge >= 0.3 is 5.97 Å². The number of hydrogen-bond acceptors (Lipinski definition) is 4. The number of aromatic nitrogens is 3. The van der Waals surface area contributed by atoms with E-state index in [1.54, 1.807) is 19.1 Å². The van der Waals surface area contributed by atoms with Crippen molar-refractivity contribution in [3.05, 3.63) is 65.5 Å². The summed E-state index contributed by atoms with van der Waals surface area (Å²) in [5.74, 6) is -0.302. The summed E-state index contributed by atoms with van der Waals surface area (Å²) in [4.78, 5) is 16.4. The van der Waals surface area contributed by atoms with E-state index in [0.29, 0.717) is 12.2 Å². The van der Waals surface area contributed by atoms with Crippen molar-refractivity contribution < 1.29 is 9.53 Å². The molecule has 2 aromatic heterocycles. The van der Waals surface area contributed by atoms with E-state index >= 15 is 0 Å². The van der Waals surface area contributed by atoms with Crippen molar-refractivity contribution >= 4 is 5.97 Å². The summed E-state index contributed by atoms with van der Waals surface area (Å²) in [7, 11) is 0. The highest BCUT2D eigenvalue weighted by Crippen LogP contribution is 2.32. The molecule has 0 saturated heterocycles. The molecule has 0 spiro atoms. The molecule has 1 aliphatic carbocycles. The molecular formula is C21H21N3O2. The first-order valence-electron chi connectivity index (χ1n) is 9.07. The lowest BCUT2D eigenvalue weighted by Gasteiger charge is -2.12. The van der Waals surface area contributed by atoms with Crippen LogP contribution in [0.2, 0.25) is 0 Å². The van der Waals surface area contributed by atoms with Gasteiger partial charge in [0, 0.05) is 11.8 Å². The number of benzene rings is 1. The van der Waals surface area contributed by atoms with Crippen LogP contribution in [0.15, 0.2) is 48.7 Å². The Hall–Kier alpha value is -2.95. The van der Waals surface area contributed by atoms with Crippen molar-refractivity contribution in [2.45, 2.75) is 32.6 Å². The highest BCUT2D eigenvalue weighted by Gasteiger charge is 2.23. The number of nitrogens with zero attached hydrogens (tertiary/aromatic N) is 3. The maximum absolute atomic E-state index is 11.9. The highest BCUT2D eigenvalue weighted by molar-refractivity contribution is 5.89. The van der Waals surface area contributed by atoms with Gasteiger partial charge in [-0.25, -0.2) is 9.48 Å². The third-order valence-corrected chi connectivity index (χ3v) is 4.69. The predicted octanol–water partition coefficient (Wildman–Crippen LogP) is 3.99. The number of ether oxygens (including phenoxy) is 1. The summed E-state index contributed by atoms with van der Waals surface area (Å²) in [5.41, 5.74) is 5.91. The molecule has 1 aliphatic rings. The molecule has 0 radical (unpaired) electrons. The van der Waals surface area contributed by atoms with E-state index in [1.807, 2.05) is 41.2 Å². The van der Waals surface area contributed by atoms with Crippen molar-refractivity contribution in [2.75, 3.05) is 6.61 Å². The van der Waals surface area contributed by atoms with E-state index in [4.69, 9.17) is 9.84 Å². The molecule has 0 amide bonds. The molecule has 0 N–H and O–H groups in total. The molecule has 5 heteroatoms. The van der Waals surface area contributed by atoms with Crippen LogP contribution in [0.5, 0.6) is 0 Å². The molecule has 5 nitrogen and oxygen atoms in total. The minimum absolute atomic E-state index is 0.302. The smallest absolute Gasteiger partial charge is 0.338 e. The maximum Gasteiger partial charge on any atom is 0.338 e. The Kier molecular flexibility index (Phi) is 4.52. The van der Waals surface area contributed by atoms with Crippen LogP contribution in [0.25, 0.3) is 17.1 Å². The third kappa shape index (κ3) is 3.01. The molecule has 0 atom stereocenters. The Labute approximate surface area is 152 Å². The number of carbonyl (C=O) groups excluding carboxylic acids is 1. The first kappa shape index (κ1) is 16.5.